The normalized spacial score (nSPS) is 10.6. The standard InChI is InChI=1S/C16H12BrNS/c17-11-12-4-3-5-13(10-12)15-7-8-16(19-15)14-6-1-2-9-18-14/h1-10H,11H2. The number of nitrogens with zero attached hydrogens (tertiary/aromatic N) is 1. The molecule has 3 heteroatoms. The fraction of sp³-hybridized carbons (Fsp3) is 0.0625. The molecule has 0 saturated carbocycles. The lowest BCUT2D eigenvalue weighted by atomic mass is 10.1. The van der Waals surface area contributed by atoms with Gasteiger partial charge >= 0.3 is 0 Å². The lowest BCUT2D eigenvalue weighted by Crippen LogP contribution is -1.78. The third-order valence-electron chi connectivity index (χ3n) is 2.89. The van der Waals surface area contributed by atoms with Crippen LogP contribution in [0.3, 0.4) is 0 Å². The summed E-state index contributed by atoms with van der Waals surface area (Å²) in [5.74, 6) is 0. The summed E-state index contributed by atoms with van der Waals surface area (Å²) < 4.78 is 0. The van der Waals surface area contributed by atoms with E-state index in [2.05, 4.69) is 57.3 Å². The van der Waals surface area contributed by atoms with Crippen molar-refractivity contribution in [2.24, 2.45) is 0 Å². The maximum atomic E-state index is 4.39. The van der Waals surface area contributed by atoms with Gasteiger partial charge in [0.25, 0.3) is 0 Å². The molecular formula is C16H12BrNS. The number of thiophene rings is 1. The Hall–Kier alpha value is -1.45. The largest absolute Gasteiger partial charge is 0.255 e. The molecule has 1 aromatic carbocycles. The average molecular weight is 330 g/mol. The number of aromatic nitrogens is 1. The van der Waals surface area contributed by atoms with Crippen LogP contribution in [0, 0.1) is 0 Å². The zero-order valence-electron chi connectivity index (χ0n) is 10.2. The minimum Gasteiger partial charge on any atom is -0.255 e. The second-order valence-corrected chi connectivity index (χ2v) is 5.86. The number of halogens is 1. The Balaban J connectivity index is 1.97. The number of hydrogen-bond acceptors (Lipinski definition) is 2. The van der Waals surface area contributed by atoms with Gasteiger partial charge in [-0.3, -0.25) is 4.98 Å². The minimum atomic E-state index is 0.888. The van der Waals surface area contributed by atoms with E-state index in [1.807, 2.05) is 24.4 Å². The summed E-state index contributed by atoms with van der Waals surface area (Å²) in [6.45, 7) is 0. The highest BCUT2D eigenvalue weighted by Gasteiger charge is 2.05. The molecule has 1 nitrogen and oxygen atoms in total. The first-order chi connectivity index (χ1) is 9.36. The molecule has 0 saturated heterocycles. The summed E-state index contributed by atoms with van der Waals surface area (Å²) in [5.41, 5.74) is 3.60. The Labute approximate surface area is 125 Å². The van der Waals surface area contributed by atoms with Gasteiger partial charge < -0.3 is 0 Å². The molecule has 0 bridgehead atoms. The van der Waals surface area contributed by atoms with E-state index in [9.17, 15) is 0 Å². The molecule has 0 N–H and O–H groups in total. The van der Waals surface area contributed by atoms with Gasteiger partial charge in [0.05, 0.1) is 10.6 Å². The zero-order chi connectivity index (χ0) is 13.1. The van der Waals surface area contributed by atoms with Crippen molar-refractivity contribution < 1.29 is 0 Å². The first-order valence-corrected chi connectivity index (χ1v) is 7.97. The lowest BCUT2D eigenvalue weighted by Gasteiger charge is -2.00. The topological polar surface area (TPSA) is 12.9 Å². The zero-order valence-corrected chi connectivity index (χ0v) is 12.6. The van der Waals surface area contributed by atoms with Gasteiger partial charge in [-0.25, -0.2) is 0 Å². The van der Waals surface area contributed by atoms with E-state index in [1.165, 1.54) is 20.9 Å². The van der Waals surface area contributed by atoms with E-state index in [0.29, 0.717) is 0 Å². The summed E-state index contributed by atoms with van der Waals surface area (Å²) in [5, 5.41) is 0.888. The van der Waals surface area contributed by atoms with Crippen LogP contribution in [0.5, 0.6) is 0 Å². The van der Waals surface area contributed by atoms with Gasteiger partial charge in [-0.05, 0) is 41.5 Å². The van der Waals surface area contributed by atoms with Crippen LogP contribution in [0.15, 0.2) is 60.8 Å². The SMILES string of the molecule is BrCc1cccc(-c2ccc(-c3ccccn3)s2)c1. The van der Waals surface area contributed by atoms with Crippen LogP contribution >= 0.6 is 27.3 Å². The third-order valence-corrected chi connectivity index (χ3v) is 4.69. The van der Waals surface area contributed by atoms with Crippen LogP contribution in [-0.4, -0.2) is 4.98 Å². The van der Waals surface area contributed by atoms with Crippen molar-refractivity contribution in [2.75, 3.05) is 0 Å². The second kappa shape index (κ2) is 5.68. The molecule has 3 aromatic rings. The minimum absolute atomic E-state index is 0.888. The van der Waals surface area contributed by atoms with Crippen LogP contribution in [0.4, 0.5) is 0 Å². The summed E-state index contributed by atoms with van der Waals surface area (Å²) in [7, 11) is 0. The highest BCUT2D eigenvalue weighted by molar-refractivity contribution is 9.08. The molecule has 0 unspecified atom stereocenters. The summed E-state index contributed by atoms with van der Waals surface area (Å²) in [6, 6.07) is 18.9. The molecule has 94 valence electrons. The van der Waals surface area contributed by atoms with Crippen molar-refractivity contribution in [3.8, 4) is 21.0 Å². The fourth-order valence-electron chi connectivity index (χ4n) is 1.95. The van der Waals surface area contributed by atoms with Crippen molar-refractivity contribution in [2.45, 2.75) is 5.33 Å². The molecule has 0 atom stereocenters. The Kier molecular flexibility index (Phi) is 3.76. The average Bonchev–Trinajstić information content (AvgIpc) is 2.98. The second-order valence-electron chi connectivity index (χ2n) is 4.21. The molecule has 3 rings (SSSR count). The van der Waals surface area contributed by atoms with E-state index in [1.54, 1.807) is 11.3 Å². The lowest BCUT2D eigenvalue weighted by molar-refractivity contribution is 1.34. The fourth-order valence-corrected chi connectivity index (χ4v) is 3.27. The molecule has 0 radical (unpaired) electrons. The van der Waals surface area contributed by atoms with Gasteiger partial charge in [-0.2, -0.15) is 0 Å². The molecule has 19 heavy (non-hydrogen) atoms. The van der Waals surface area contributed by atoms with Crippen molar-refractivity contribution in [1.29, 1.82) is 0 Å². The Morgan fingerprint density at radius 2 is 1.84 bits per heavy atom. The molecule has 2 heterocycles. The maximum absolute atomic E-state index is 4.39. The van der Waals surface area contributed by atoms with Gasteiger partial charge in [0, 0.05) is 16.4 Å². The number of pyridine rings is 1. The molecule has 0 fully saturated rings. The van der Waals surface area contributed by atoms with Gasteiger partial charge in [0.2, 0.25) is 0 Å². The molecule has 0 spiro atoms. The van der Waals surface area contributed by atoms with E-state index in [-0.39, 0.29) is 0 Å². The highest BCUT2D eigenvalue weighted by Crippen LogP contribution is 2.33. The number of rotatable bonds is 3. The number of benzene rings is 1. The summed E-state index contributed by atoms with van der Waals surface area (Å²) in [4.78, 5) is 6.88. The van der Waals surface area contributed by atoms with Gasteiger partial charge in [0.15, 0.2) is 0 Å². The van der Waals surface area contributed by atoms with Crippen LogP contribution in [-0.2, 0) is 5.33 Å². The molecule has 2 aromatic heterocycles. The van der Waals surface area contributed by atoms with Gasteiger partial charge in [-0.1, -0.05) is 40.2 Å². The van der Waals surface area contributed by atoms with Crippen LogP contribution in [0.2, 0.25) is 0 Å². The number of hydrogen-bond donors (Lipinski definition) is 0. The molecule has 0 aliphatic carbocycles. The summed E-state index contributed by atoms with van der Waals surface area (Å²) in [6.07, 6.45) is 1.83. The molecule has 0 aliphatic heterocycles. The highest BCUT2D eigenvalue weighted by atomic mass is 79.9. The quantitative estimate of drug-likeness (QED) is 0.588. The van der Waals surface area contributed by atoms with Crippen LogP contribution < -0.4 is 0 Å². The summed E-state index contributed by atoms with van der Waals surface area (Å²) >= 11 is 5.28. The Bertz CT molecular complexity index is 676. The van der Waals surface area contributed by atoms with Crippen molar-refractivity contribution >= 4 is 27.3 Å². The van der Waals surface area contributed by atoms with E-state index < -0.39 is 0 Å². The van der Waals surface area contributed by atoms with E-state index >= 15 is 0 Å². The maximum Gasteiger partial charge on any atom is 0.0801 e. The monoisotopic (exact) mass is 329 g/mol. The van der Waals surface area contributed by atoms with Gasteiger partial charge in [-0.15, -0.1) is 11.3 Å². The van der Waals surface area contributed by atoms with Gasteiger partial charge in [0.1, 0.15) is 0 Å². The smallest absolute Gasteiger partial charge is 0.0801 e. The predicted octanol–water partition coefficient (Wildman–Crippen LogP) is 5.37. The Morgan fingerprint density at radius 1 is 0.947 bits per heavy atom. The van der Waals surface area contributed by atoms with Crippen molar-refractivity contribution in [3.63, 3.8) is 0 Å². The first kappa shape index (κ1) is 12.6. The Morgan fingerprint density at radius 3 is 2.63 bits per heavy atom. The first-order valence-electron chi connectivity index (χ1n) is 6.03. The van der Waals surface area contributed by atoms with Crippen LogP contribution in [0.1, 0.15) is 5.56 Å². The molecular weight excluding hydrogens is 318 g/mol. The predicted molar refractivity (Wildman–Crippen MR) is 85.6 cm³/mol. The van der Waals surface area contributed by atoms with Crippen LogP contribution in [0.25, 0.3) is 21.0 Å². The van der Waals surface area contributed by atoms with Crippen molar-refractivity contribution in [3.05, 3.63) is 66.4 Å². The van der Waals surface area contributed by atoms with Crippen molar-refractivity contribution in [1.82, 2.24) is 4.98 Å². The third kappa shape index (κ3) is 2.77. The van der Waals surface area contributed by atoms with E-state index in [4.69, 9.17) is 0 Å². The molecule has 0 amide bonds. The van der Waals surface area contributed by atoms with E-state index in [0.717, 1.165) is 11.0 Å². The number of alkyl halides is 1. The molecule has 0 aliphatic rings.